The summed E-state index contributed by atoms with van der Waals surface area (Å²) < 4.78 is 53.1. The number of hydrogen-bond donors (Lipinski definition) is 0. The van der Waals surface area contributed by atoms with Crippen molar-refractivity contribution in [3.63, 3.8) is 0 Å². The fraction of sp³-hybridized carbons (Fsp3) is 0.417. The second-order valence-electron chi connectivity index (χ2n) is 4.87. The molecular weight excluding hydrogens is 343 g/mol. The summed E-state index contributed by atoms with van der Waals surface area (Å²) in [5.41, 5.74) is -0.524. The molecule has 0 aromatic heterocycles. The molecule has 0 aliphatic rings. The van der Waals surface area contributed by atoms with Crippen LogP contribution in [0.3, 0.4) is 0 Å². The molecule has 0 N–H and O–H groups in total. The van der Waals surface area contributed by atoms with Crippen LogP contribution in [0.1, 0.15) is 31.9 Å². The van der Waals surface area contributed by atoms with Crippen molar-refractivity contribution in [3.8, 4) is 0 Å². The molecule has 0 spiro atoms. The molecule has 1 aromatic carbocycles. The molecule has 19 heavy (non-hydrogen) atoms. The fourth-order valence-corrected chi connectivity index (χ4v) is 2.16. The lowest BCUT2D eigenvalue weighted by molar-refractivity contribution is -0.137. The molecule has 0 saturated carbocycles. The Morgan fingerprint density at radius 3 is 2.26 bits per heavy atom. The van der Waals surface area contributed by atoms with Gasteiger partial charge < -0.3 is 0 Å². The number of alkyl halides is 3. The second-order valence-corrected chi connectivity index (χ2v) is 7.72. The largest absolute Gasteiger partial charge is 0.416 e. The van der Waals surface area contributed by atoms with Gasteiger partial charge in [-0.15, -0.1) is 0 Å². The van der Waals surface area contributed by atoms with Crippen LogP contribution in [0.25, 0.3) is 0 Å². The van der Waals surface area contributed by atoms with Crippen molar-refractivity contribution < 1.29 is 17.4 Å². The molecule has 1 aromatic rings. The molecule has 0 fully saturated rings. The Hall–Kier alpha value is -0.690. The van der Waals surface area contributed by atoms with Crippen LogP contribution in [0.15, 0.2) is 27.1 Å². The Kier molecular flexibility index (Phi) is 4.95. The molecule has 1 atom stereocenters. The van der Waals surface area contributed by atoms with Gasteiger partial charge >= 0.3 is 6.18 Å². The number of benzene rings is 1. The van der Waals surface area contributed by atoms with Crippen LogP contribution >= 0.6 is 15.9 Å². The van der Waals surface area contributed by atoms with E-state index in [1.807, 2.05) is 0 Å². The van der Waals surface area contributed by atoms with Crippen molar-refractivity contribution in [3.05, 3.63) is 33.8 Å². The van der Waals surface area contributed by atoms with Crippen LogP contribution in [0.4, 0.5) is 13.2 Å². The van der Waals surface area contributed by atoms with Crippen LogP contribution in [0, 0.1) is 0 Å². The minimum absolute atomic E-state index is 0.249. The van der Waals surface area contributed by atoms with Gasteiger partial charge in [0.15, 0.2) is 0 Å². The van der Waals surface area contributed by atoms with Gasteiger partial charge in [0.2, 0.25) is 0 Å². The molecule has 0 heterocycles. The zero-order valence-electron chi connectivity index (χ0n) is 10.6. The first-order chi connectivity index (χ1) is 8.50. The van der Waals surface area contributed by atoms with Crippen LogP contribution in [0.2, 0.25) is 0 Å². The van der Waals surface area contributed by atoms with Gasteiger partial charge in [-0.2, -0.15) is 17.6 Å². The summed E-state index contributed by atoms with van der Waals surface area (Å²) in [5.74, 6) is 0. The van der Waals surface area contributed by atoms with Crippen LogP contribution in [-0.2, 0) is 17.2 Å². The standard InChI is InChI=1S/C12H13BrF3NOS/c1-11(2,3)19(18)17-7-8-4-9(12(14,15)16)6-10(13)5-8/h4-7H,1-3H3/b17-7+/t19-/m0/s1. The summed E-state index contributed by atoms with van der Waals surface area (Å²) in [6.45, 7) is 5.22. The maximum atomic E-state index is 12.6. The van der Waals surface area contributed by atoms with Gasteiger partial charge in [0, 0.05) is 10.7 Å². The average Bonchev–Trinajstić information content (AvgIpc) is 2.22. The Bertz CT molecular complexity index is 521. The lowest BCUT2D eigenvalue weighted by Crippen LogP contribution is -2.19. The molecule has 7 heteroatoms. The first-order valence-electron chi connectivity index (χ1n) is 5.34. The van der Waals surface area contributed by atoms with Crippen LogP contribution in [-0.4, -0.2) is 15.2 Å². The van der Waals surface area contributed by atoms with Gasteiger partial charge in [0.1, 0.15) is 11.0 Å². The molecule has 0 saturated heterocycles. The van der Waals surface area contributed by atoms with E-state index in [4.69, 9.17) is 0 Å². The Morgan fingerprint density at radius 1 is 1.21 bits per heavy atom. The van der Waals surface area contributed by atoms with E-state index in [0.717, 1.165) is 12.1 Å². The summed E-state index contributed by atoms with van der Waals surface area (Å²) in [5, 5.41) is 0. The highest BCUT2D eigenvalue weighted by Gasteiger charge is 2.31. The van der Waals surface area contributed by atoms with Crippen molar-refractivity contribution in [1.82, 2.24) is 0 Å². The predicted molar refractivity (Wildman–Crippen MR) is 74.6 cm³/mol. The third-order valence-corrected chi connectivity index (χ3v) is 3.87. The molecule has 106 valence electrons. The zero-order valence-corrected chi connectivity index (χ0v) is 13.0. The fourth-order valence-electron chi connectivity index (χ4n) is 1.12. The molecule has 2 nitrogen and oxygen atoms in total. The molecule has 0 aliphatic carbocycles. The van der Waals surface area contributed by atoms with Crippen molar-refractivity contribution in [2.75, 3.05) is 0 Å². The maximum Gasteiger partial charge on any atom is 0.416 e. The summed E-state index contributed by atoms with van der Waals surface area (Å²) in [6, 6.07) is 3.44. The zero-order chi connectivity index (χ0) is 14.8. The van der Waals surface area contributed by atoms with Crippen LogP contribution in [0.5, 0.6) is 0 Å². The van der Waals surface area contributed by atoms with Crippen molar-refractivity contribution in [2.24, 2.45) is 4.40 Å². The van der Waals surface area contributed by atoms with Gasteiger partial charge in [-0.3, -0.25) is 0 Å². The van der Waals surface area contributed by atoms with E-state index in [2.05, 4.69) is 20.3 Å². The first kappa shape index (κ1) is 16.4. The molecular formula is C12H13BrF3NOS. The van der Waals surface area contributed by atoms with E-state index in [1.54, 1.807) is 20.8 Å². The van der Waals surface area contributed by atoms with E-state index in [9.17, 15) is 17.4 Å². The Labute approximate surface area is 120 Å². The maximum absolute atomic E-state index is 12.6. The van der Waals surface area contributed by atoms with Gasteiger partial charge in [-0.1, -0.05) is 15.9 Å². The van der Waals surface area contributed by atoms with Gasteiger partial charge in [-0.25, -0.2) is 4.21 Å². The van der Waals surface area contributed by atoms with Gasteiger partial charge in [0.05, 0.1) is 10.3 Å². The number of nitrogens with zero attached hydrogens (tertiary/aromatic N) is 1. The summed E-state index contributed by atoms with van der Waals surface area (Å²) >= 11 is 3.01. The van der Waals surface area contributed by atoms with Gasteiger partial charge in [0.25, 0.3) is 0 Å². The number of halogens is 4. The first-order valence-corrected chi connectivity index (χ1v) is 7.24. The van der Waals surface area contributed by atoms with E-state index >= 15 is 0 Å². The molecule has 0 bridgehead atoms. The van der Waals surface area contributed by atoms with Crippen LogP contribution < -0.4 is 0 Å². The highest BCUT2D eigenvalue weighted by molar-refractivity contribution is 9.10. The highest BCUT2D eigenvalue weighted by atomic mass is 79.9. The number of hydrogen-bond acceptors (Lipinski definition) is 1. The molecule has 0 aliphatic heterocycles. The molecule has 1 rings (SSSR count). The highest BCUT2D eigenvalue weighted by Crippen LogP contribution is 2.31. The topological polar surface area (TPSA) is 29.4 Å². The Morgan fingerprint density at radius 2 is 1.79 bits per heavy atom. The van der Waals surface area contributed by atoms with Crippen molar-refractivity contribution >= 4 is 33.1 Å². The van der Waals surface area contributed by atoms with E-state index in [1.165, 1.54) is 12.3 Å². The minimum atomic E-state index is -4.42. The normalized spacial score (nSPS) is 14.9. The minimum Gasteiger partial charge on any atom is -0.234 e. The molecule has 0 radical (unpaired) electrons. The average molecular weight is 356 g/mol. The third-order valence-electron chi connectivity index (χ3n) is 2.07. The monoisotopic (exact) mass is 355 g/mol. The SMILES string of the molecule is CC(C)(C)[S@](=O)/N=C/c1cc(Br)cc(C(F)(F)F)c1. The predicted octanol–water partition coefficient (Wildman–Crippen LogP) is 4.35. The second kappa shape index (κ2) is 5.75. The van der Waals surface area contributed by atoms with Crippen molar-refractivity contribution in [2.45, 2.75) is 31.7 Å². The van der Waals surface area contributed by atoms with E-state index in [-0.39, 0.29) is 5.56 Å². The summed E-state index contributed by atoms with van der Waals surface area (Å²) in [7, 11) is -1.50. The van der Waals surface area contributed by atoms with E-state index in [0.29, 0.717) is 4.47 Å². The van der Waals surface area contributed by atoms with Gasteiger partial charge in [-0.05, 0) is 44.5 Å². The smallest absolute Gasteiger partial charge is 0.234 e. The molecule has 0 amide bonds. The van der Waals surface area contributed by atoms with E-state index < -0.39 is 27.5 Å². The lowest BCUT2D eigenvalue weighted by atomic mass is 10.1. The lowest BCUT2D eigenvalue weighted by Gasteiger charge is -2.13. The summed E-state index contributed by atoms with van der Waals surface area (Å²) in [4.78, 5) is 0. The van der Waals surface area contributed by atoms with Crippen molar-refractivity contribution in [1.29, 1.82) is 0 Å². The summed E-state index contributed by atoms with van der Waals surface area (Å²) in [6.07, 6.45) is -3.23. The third kappa shape index (κ3) is 5.06. The quantitative estimate of drug-likeness (QED) is 0.725. The molecule has 0 unspecified atom stereocenters. The Balaban J connectivity index is 3.07. The number of rotatable bonds is 2.